The van der Waals surface area contributed by atoms with Gasteiger partial charge in [0.2, 0.25) is 0 Å². The summed E-state index contributed by atoms with van der Waals surface area (Å²) in [7, 11) is 0. The zero-order valence-electron chi connectivity index (χ0n) is 13.2. The minimum Gasteiger partial charge on any atom is -0.306 e. The molecule has 1 aliphatic heterocycles. The van der Waals surface area contributed by atoms with Crippen molar-refractivity contribution in [3.63, 3.8) is 0 Å². The largest absolute Gasteiger partial charge is 0.326 e. The molecule has 1 aliphatic rings. The van der Waals surface area contributed by atoms with Crippen LogP contribution in [0.2, 0.25) is 0 Å². The molecule has 0 bridgehead atoms. The minimum atomic E-state index is 0.000800. The number of nitrogens with one attached hydrogen (secondary N) is 1. The molecule has 1 N–H and O–H groups in total. The van der Waals surface area contributed by atoms with Gasteiger partial charge < -0.3 is 4.98 Å². The summed E-state index contributed by atoms with van der Waals surface area (Å²) < 4.78 is 1.93. The number of aromatic amines is 1. The van der Waals surface area contributed by atoms with Gasteiger partial charge >= 0.3 is 5.69 Å². The molecule has 0 fully saturated rings. The lowest BCUT2D eigenvalue weighted by Crippen LogP contribution is -2.38. The van der Waals surface area contributed by atoms with Crippen molar-refractivity contribution < 1.29 is 0 Å². The smallest absolute Gasteiger partial charge is 0.306 e. The van der Waals surface area contributed by atoms with Crippen molar-refractivity contribution in [3.8, 4) is 0 Å². The summed E-state index contributed by atoms with van der Waals surface area (Å²) in [4.78, 5) is 17.7. The van der Waals surface area contributed by atoms with Crippen molar-refractivity contribution >= 4 is 11.0 Å². The molecule has 0 saturated heterocycles. The lowest BCUT2D eigenvalue weighted by molar-refractivity contribution is 0.180. The molecule has 0 spiro atoms. The van der Waals surface area contributed by atoms with Crippen LogP contribution in [0.3, 0.4) is 0 Å². The van der Waals surface area contributed by atoms with E-state index in [1.54, 1.807) is 0 Å². The van der Waals surface area contributed by atoms with E-state index in [9.17, 15) is 4.79 Å². The van der Waals surface area contributed by atoms with Gasteiger partial charge in [-0.1, -0.05) is 23.8 Å². The molecule has 1 aromatic carbocycles. The Morgan fingerprint density at radius 3 is 2.81 bits per heavy atom. The molecular formula is C17H23N3O. The van der Waals surface area contributed by atoms with Crippen molar-refractivity contribution in [1.82, 2.24) is 14.5 Å². The second-order valence-electron chi connectivity index (χ2n) is 6.31. The summed E-state index contributed by atoms with van der Waals surface area (Å²) in [5.74, 6) is 0. The van der Waals surface area contributed by atoms with Crippen LogP contribution in [0.1, 0.15) is 39.3 Å². The lowest BCUT2D eigenvalue weighted by atomic mass is 10.1. The van der Waals surface area contributed by atoms with Gasteiger partial charge in [-0.3, -0.25) is 9.47 Å². The van der Waals surface area contributed by atoms with Crippen molar-refractivity contribution in [2.45, 2.75) is 46.3 Å². The van der Waals surface area contributed by atoms with E-state index in [0.717, 1.165) is 24.1 Å². The summed E-state index contributed by atoms with van der Waals surface area (Å²) in [6.07, 6.45) is 2.26. The van der Waals surface area contributed by atoms with Crippen LogP contribution in [-0.2, 0) is 6.54 Å². The average molecular weight is 285 g/mol. The maximum absolute atomic E-state index is 12.3. The Morgan fingerprint density at radius 1 is 1.33 bits per heavy atom. The van der Waals surface area contributed by atoms with Gasteiger partial charge in [-0.2, -0.15) is 0 Å². The van der Waals surface area contributed by atoms with Crippen LogP contribution in [0, 0.1) is 0 Å². The molecule has 1 aromatic heterocycles. The van der Waals surface area contributed by atoms with E-state index in [0.29, 0.717) is 6.04 Å². The van der Waals surface area contributed by atoms with Gasteiger partial charge in [-0.15, -0.1) is 0 Å². The molecule has 2 aromatic rings. The first-order valence-corrected chi connectivity index (χ1v) is 7.58. The topological polar surface area (TPSA) is 41.0 Å². The van der Waals surface area contributed by atoms with Crippen LogP contribution < -0.4 is 5.69 Å². The number of allylic oxidation sites excluding steroid dienone is 1. The highest BCUT2D eigenvalue weighted by Crippen LogP contribution is 2.29. The van der Waals surface area contributed by atoms with Gasteiger partial charge in [0, 0.05) is 19.1 Å². The van der Waals surface area contributed by atoms with Crippen LogP contribution in [0.15, 0.2) is 34.6 Å². The first kappa shape index (κ1) is 14.1. The van der Waals surface area contributed by atoms with Gasteiger partial charge in [-0.05, 0) is 39.3 Å². The van der Waals surface area contributed by atoms with Crippen LogP contribution in [0.4, 0.5) is 0 Å². The van der Waals surface area contributed by atoms with E-state index in [1.807, 2.05) is 16.7 Å². The summed E-state index contributed by atoms with van der Waals surface area (Å²) in [6, 6.07) is 6.61. The highest BCUT2D eigenvalue weighted by atomic mass is 16.1. The number of nitrogens with zero attached hydrogens (tertiary/aromatic N) is 2. The van der Waals surface area contributed by atoms with Crippen molar-refractivity contribution in [2.75, 3.05) is 6.54 Å². The number of imidazole rings is 1. The molecule has 2 atom stereocenters. The third-order valence-electron chi connectivity index (χ3n) is 4.61. The number of aromatic nitrogens is 2. The highest BCUT2D eigenvalue weighted by Gasteiger charge is 2.28. The number of para-hydroxylation sites is 1. The first-order valence-electron chi connectivity index (χ1n) is 7.58. The fourth-order valence-electron chi connectivity index (χ4n) is 3.18. The summed E-state index contributed by atoms with van der Waals surface area (Å²) in [5, 5.41) is 0. The normalized spacial score (nSPS) is 22.3. The molecule has 0 amide bonds. The van der Waals surface area contributed by atoms with E-state index in [2.05, 4.69) is 49.7 Å². The van der Waals surface area contributed by atoms with Gasteiger partial charge in [0.25, 0.3) is 0 Å². The second-order valence-corrected chi connectivity index (χ2v) is 6.31. The predicted molar refractivity (Wildman–Crippen MR) is 86.6 cm³/mol. The highest BCUT2D eigenvalue weighted by molar-refractivity contribution is 5.79. The molecule has 0 unspecified atom stereocenters. The number of hydrogen-bond donors (Lipinski definition) is 1. The Labute approximate surface area is 125 Å². The quantitative estimate of drug-likeness (QED) is 0.862. The first-order chi connectivity index (χ1) is 9.99. The van der Waals surface area contributed by atoms with Crippen LogP contribution in [0.5, 0.6) is 0 Å². The van der Waals surface area contributed by atoms with Gasteiger partial charge in [-0.25, -0.2) is 4.79 Å². The third kappa shape index (κ3) is 2.33. The Bertz CT molecular complexity index is 749. The minimum absolute atomic E-state index is 0.000800. The summed E-state index contributed by atoms with van der Waals surface area (Å²) in [5.41, 5.74) is 4.57. The standard InChI is InChI=1S/C17H23N3O/c1-11(2)8-9-19-10-14-6-5-7-15-16(14)20(17(21)18-15)13(4)12(19)3/h5-8,12-13H,9-10H2,1-4H3,(H,18,21)/t12-,13+/m0/s1. The van der Waals surface area contributed by atoms with Crippen molar-refractivity contribution in [1.29, 1.82) is 0 Å². The maximum Gasteiger partial charge on any atom is 0.326 e. The maximum atomic E-state index is 12.3. The van der Waals surface area contributed by atoms with E-state index in [-0.39, 0.29) is 11.7 Å². The van der Waals surface area contributed by atoms with Crippen molar-refractivity contribution in [3.05, 3.63) is 45.9 Å². The molecule has 2 heterocycles. The fourth-order valence-corrected chi connectivity index (χ4v) is 3.18. The molecule has 21 heavy (non-hydrogen) atoms. The second kappa shape index (κ2) is 5.19. The molecule has 3 rings (SSSR count). The van der Waals surface area contributed by atoms with E-state index in [4.69, 9.17) is 0 Å². The average Bonchev–Trinajstić information content (AvgIpc) is 2.72. The zero-order valence-corrected chi connectivity index (χ0v) is 13.2. The van der Waals surface area contributed by atoms with Crippen LogP contribution in [0.25, 0.3) is 11.0 Å². The Morgan fingerprint density at radius 2 is 2.10 bits per heavy atom. The van der Waals surface area contributed by atoms with E-state index < -0.39 is 0 Å². The molecule has 0 aliphatic carbocycles. The van der Waals surface area contributed by atoms with Gasteiger partial charge in [0.05, 0.1) is 17.1 Å². The van der Waals surface area contributed by atoms with Crippen molar-refractivity contribution in [2.24, 2.45) is 0 Å². The Hall–Kier alpha value is -1.81. The molecule has 4 nitrogen and oxygen atoms in total. The summed E-state index contributed by atoms with van der Waals surface area (Å²) in [6.45, 7) is 10.4. The Balaban J connectivity index is 2.13. The zero-order chi connectivity index (χ0) is 15.1. The molecular weight excluding hydrogens is 262 g/mol. The predicted octanol–water partition coefficient (Wildman–Crippen LogP) is 3.06. The SMILES string of the molecule is CC(C)=CCN1Cc2cccc3[nH]c(=O)n(c23)[C@H](C)[C@@H]1C. The van der Waals surface area contributed by atoms with Crippen LogP contribution in [-0.4, -0.2) is 27.0 Å². The summed E-state index contributed by atoms with van der Waals surface area (Å²) >= 11 is 0. The third-order valence-corrected chi connectivity index (χ3v) is 4.61. The molecule has 0 radical (unpaired) electrons. The van der Waals surface area contributed by atoms with Gasteiger partial charge in [0.15, 0.2) is 0 Å². The Kier molecular flexibility index (Phi) is 3.49. The molecule has 4 heteroatoms. The van der Waals surface area contributed by atoms with Crippen LogP contribution >= 0.6 is 0 Å². The fraction of sp³-hybridized carbons (Fsp3) is 0.471. The monoisotopic (exact) mass is 285 g/mol. The number of rotatable bonds is 2. The number of hydrogen-bond acceptors (Lipinski definition) is 2. The van der Waals surface area contributed by atoms with E-state index >= 15 is 0 Å². The molecule has 112 valence electrons. The molecule has 0 saturated carbocycles. The van der Waals surface area contributed by atoms with E-state index in [1.165, 1.54) is 11.1 Å². The lowest BCUT2D eigenvalue weighted by Gasteiger charge is -2.30. The number of benzene rings is 1. The van der Waals surface area contributed by atoms with Gasteiger partial charge in [0.1, 0.15) is 0 Å². The number of H-pyrrole nitrogens is 1.